The first-order chi connectivity index (χ1) is 15.4. The van der Waals surface area contributed by atoms with Gasteiger partial charge in [-0.05, 0) is 49.8 Å². The summed E-state index contributed by atoms with van der Waals surface area (Å²) in [6.45, 7) is 5.29. The highest BCUT2D eigenvalue weighted by Crippen LogP contribution is 2.25. The summed E-state index contributed by atoms with van der Waals surface area (Å²) in [4.78, 5) is 27.9. The SMILES string of the molecule is Cc1nn(C)c(C)c1CCC(=O)N1CCCC(C(=O)c2ccc(-c3ccccc3)cc2)C1. The van der Waals surface area contributed by atoms with Crippen LogP contribution in [0.5, 0.6) is 0 Å². The van der Waals surface area contributed by atoms with E-state index in [4.69, 9.17) is 0 Å². The quantitative estimate of drug-likeness (QED) is 0.531. The van der Waals surface area contributed by atoms with Crippen LogP contribution in [0.4, 0.5) is 0 Å². The van der Waals surface area contributed by atoms with Crippen LogP contribution in [0, 0.1) is 19.8 Å². The number of rotatable bonds is 6. The number of hydrogen-bond donors (Lipinski definition) is 0. The lowest BCUT2D eigenvalue weighted by atomic mass is 9.89. The maximum absolute atomic E-state index is 13.1. The van der Waals surface area contributed by atoms with Gasteiger partial charge in [-0.25, -0.2) is 0 Å². The number of hydrogen-bond acceptors (Lipinski definition) is 3. The average Bonchev–Trinajstić information content (AvgIpc) is 3.08. The molecule has 0 spiro atoms. The molecule has 1 aliphatic rings. The molecule has 1 fully saturated rings. The summed E-state index contributed by atoms with van der Waals surface area (Å²) < 4.78 is 1.87. The number of likely N-dealkylation sites (tertiary alicyclic amines) is 1. The molecule has 5 nitrogen and oxygen atoms in total. The molecule has 0 bridgehead atoms. The summed E-state index contributed by atoms with van der Waals surface area (Å²) in [6, 6.07) is 18.0. The van der Waals surface area contributed by atoms with Crippen LogP contribution < -0.4 is 0 Å². The van der Waals surface area contributed by atoms with Crippen molar-refractivity contribution in [3.63, 3.8) is 0 Å². The number of ketones is 1. The fraction of sp³-hybridized carbons (Fsp3) is 0.370. The number of carbonyl (C=O) groups excluding carboxylic acids is 2. The number of aromatic nitrogens is 2. The normalized spacial score (nSPS) is 16.2. The molecular weight excluding hydrogens is 398 g/mol. The van der Waals surface area contributed by atoms with E-state index in [1.54, 1.807) is 0 Å². The van der Waals surface area contributed by atoms with Gasteiger partial charge in [-0.2, -0.15) is 5.10 Å². The molecule has 0 N–H and O–H groups in total. The van der Waals surface area contributed by atoms with Crippen LogP contribution in [-0.4, -0.2) is 39.5 Å². The number of amides is 1. The Kier molecular flexibility index (Phi) is 6.54. The van der Waals surface area contributed by atoms with Gasteiger partial charge < -0.3 is 4.90 Å². The highest BCUT2D eigenvalue weighted by molar-refractivity contribution is 5.98. The van der Waals surface area contributed by atoms with Crippen molar-refractivity contribution in [1.82, 2.24) is 14.7 Å². The van der Waals surface area contributed by atoms with E-state index in [9.17, 15) is 9.59 Å². The number of nitrogens with zero attached hydrogens (tertiary/aromatic N) is 3. The highest BCUT2D eigenvalue weighted by Gasteiger charge is 2.29. The van der Waals surface area contributed by atoms with Crippen LogP contribution in [0.15, 0.2) is 54.6 Å². The van der Waals surface area contributed by atoms with Gasteiger partial charge >= 0.3 is 0 Å². The number of benzene rings is 2. The molecule has 5 heteroatoms. The number of Topliss-reactive ketones (excluding diaryl/α,β-unsaturated/α-hetero) is 1. The van der Waals surface area contributed by atoms with Crippen molar-refractivity contribution in [2.45, 2.75) is 39.5 Å². The molecule has 0 aliphatic carbocycles. The van der Waals surface area contributed by atoms with Crippen LogP contribution in [0.3, 0.4) is 0 Å². The molecular formula is C27H31N3O2. The van der Waals surface area contributed by atoms with E-state index in [1.807, 2.05) is 72.9 Å². The predicted molar refractivity (Wildman–Crippen MR) is 127 cm³/mol. The second kappa shape index (κ2) is 9.51. The molecule has 2 aromatic carbocycles. The average molecular weight is 430 g/mol. The summed E-state index contributed by atoms with van der Waals surface area (Å²) in [5, 5.41) is 4.44. The molecule has 166 valence electrons. The van der Waals surface area contributed by atoms with Crippen LogP contribution in [0.2, 0.25) is 0 Å². The summed E-state index contributed by atoms with van der Waals surface area (Å²) in [7, 11) is 1.93. The Bertz CT molecular complexity index is 1100. The van der Waals surface area contributed by atoms with Crippen molar-refractivity contribution < 1.29 is 9.59 Å². The van der Waals surface area contributed by atoms with Crippen molar-refractivity contribution in [1.29, 1.82) is 0 Å². The van der Waals surface area contributed by atoms with Crippen LogP contribution >= 0.6 is 0 Å². The van der Waals surface area contributed by atoms with Crippen LogP contribution in [0.1, 0.15) is 46.6 Å². The summed E-state index contributed by atoms with van der Waals surface area (Å²) in [5.41, 5.74) is 6.22. The molecule has 3 aromatic rings. The minimum atomic E-state index is -0.128. The fourth-order valence-electron chi connectivity index (χ4n) is 4.68. The third kappa shape index (κ3) is 4.67. The zero-order valence-corrected chi connectivity index (χ0v) is 19.2. The van der Waals surface area contributed by atoms with Crippen molar-refractivity contribution in [2.24, 2.45) is 13.0 Å². The van der Waals surface area contributed by atoms with Gasteiger partial charge in [0.1, 0.15) is 0 Å². The van der Waals surface area contributed by atoms with Gasteiger partial charge in [-0.1, -0.05) is 54.6 Å². The summed E-state index contributed by atoms with van der Waals surface area (Å²) >= 11 is 0. The standard InChI is InChI=1S/C27H31N3O2/c1-19-25(20(2)29(3)28-19)15-16-26(31)30-17-7-10-24(18-30)27(32)23-13-11-22(12-14-23)21-8-5-4-6-9-21/h4-6,8-9,11-14,24H,7,10,15-18H2,1-3H3. The second-order valence-electron chi connectivity index (χ2n) is 8.76. The van der Waals surface area contributed by atoms with Gasteiger partial charge in [-0.15, -0.1) is 0 Å². The van der Waals surface area contributed by atoms with Gasteiger partial charge in [0, 0.05) is 43.7 Å². The molecule has 2 heterocycles. The van der Waals surface area contributed by atoms with Crippen molar-refractivity contribution in [3.8, 4) is 11.1 Å². The number of piperidine rings is 1. The molecule has 1 aromatic heterocycles. The van der Waals surface area contributed by atoms with Crippen LogP contribution in [-0.2, 0) is 18.3 Å². The Morgan fingerprint density at radius 2 is 1.69 bits per heavy atom. The van der Waals surface area contributed by atoms with E-state index in [0.29, 0.717) is 19.4 Å². The first-order valence-corrected chi connectivity index (χ1v) is 11.4. The topological polar surface area (TPSA) is 55.2 Å². The molecule has 0 radical (unpaired) electrons. The summed E-state index contributed by atoms with van der Waals surface area (Å²) in [5.74, 6) is 0.141. The smallest absolute Gasteiger partial charge is 0.222 e. The zero-order valence-electron chi connectivity index (χ0n) is 19.2. The summed E-state index contributed by atoms with van der Waals surface area (Å²) in [6.07, 6.45) is 2.86. The molecule has 4 rings (SSSR count). The Morgan fingerprint density at radius 3 is 2.34 bits per heavy atom. The zero-order chi connectivity index (χ0) is 22.7. The molecule has 1 aliphatic heterocycles. The van der Waals surface area contributed by atoms with Gasteiger partial charge in [0.15, 0.2) is 5.78 Å². The maximum Gasteiger partial charge on any atom is 0.222 e. The molecule has 1 amide bonds. The first-order valence-electron chi connectivity index (χ1n) is 11.4. The monoisotopic (exact) mass is 429 g/mol. The van der Waals surface area contributed by atoms with Crippen molar-refractivity contribution >= 4 is 11.7 Å². The Balaban J connectivity index is 1.37. The minimum absolute atomic E-state index is 0.128. The molecule has 1 atom stereocenters. The van der Waals surface area contributed by atoms with Crippen LogP contribution in [0.25, 0.3) is 11.1 Å². The van der Waals surface area contributed by atoms with E-state index >= 15 is 0 Å². The number of aryl methyl sites for hydroxylation is 2. The van der Waals surface area contributed by atoms with Gasteiger partial charge in [0.2, 0.25) is 5.91 Å². The second-order valence-corrected chi connectivity index (χ2v) is 8.76. The lowest BCUT2D eigenvalue weighted by Crippen LogP contribution is -2.42. The largest absolute Gasteiger partial charge is 0.342 e. The maximum atomic E-state index is 13.1. The van der Waals surface area contributed by atoms with E-state index in [-0.39, 0.29) is 17.6 Å². The van der Waals surface area contributed by atoms with Crippen molar-refractivity contribution in [3.05, 3.63) is 77.1 Å². The molecule has 1 saturated heterocycles. The third-order valence-corrected chi connectivity index (χ3v) is 6.67. The van der Waals surface area contributed by atoms with Crippen molar-refractivity contribution in [2.75, 3.05) is 13.1 Å². The van der Waals surface area contributed by atoms with E-state index in [1.165, 1.54) is 0 Å². The van der Waals surface area contributed by atoms with E-state index in [0.717, 1.165) is 53.0 Å². The van der Waals surface area contributed by atoms with E-state index < -0.39 is 0 Å². The first kappa shape index (κ1) is 22.0. The van der Waals surface area contributed by atoms with Gasteiger partial charge in [0.25, 0.3) is 0 Å². The Labute approximate surface area is 190 Å². The van der Waals surface area contributed by atoms with Gasteiger partial charge in [-0.3, -0.25) is 14.3 Å². The number of carbonyl (C=O) groups is 2. The molecule has 1 unspecified atom stereocenters. The van der Waals surface area contributed by atoms with E-state index in [2.05, 4.69) is 17.2 Å². The lowest BCUT2D eigenvalue weighted by Gasteiger charge is -2.32. The van der Waals surface area contributed by atoms with Gasteiger partial charge in [0.05, 0.1) is 5.69 Å². The highest BCUT2D eigenvalue weighted by atomic mass is 16.2. The fourth-order valence-corrected chi connectivity index (χ4v) is 4.68. The third-order valence-electron chi connectivity index (χ3n) is 6.67. The minimum Gasteiger partial charge on any atom is -0.342 e. The lowest BCUT2D eigenvalue weighted by molar-refractivity contribution is -0.132. The molecule has 32 heavy (non-hydrogen) atoms. The predicted octanol–water partition coefficient (Wildman–Crippen LogP) is 4.76. The Morgan fingerprint density at radius 1 is 1.00 bits per heavy atom. The molecule has 0 saturated carbocycles. The Hall–Kier alpha value is -3.21.